The summed E-state index contributed by atoms with van der Waals surface area (Å²) in [6.45, 7) is 0.994. The molecule has 74 valence electrons. The predicted octanol–water partition coefficient (Wildman–Crippen LogP) is -1.89. The van der Waals surface area contributed by atoms with Crippen molar-refractivity contribution in [1.82, 2.24) is 5.32 Å². The molecule has 0 aromatic carbocycles. The van der Waals surface area contributed by atoms with Gasteiger partial charge in [-0.1, -0.05) is 0 Å². The fourth-order valence-corrected chi connectivity index (χ4v) is 4.75. The summed E-state index contributed by atoms with van der Waals surface area (Å²) in [6.07, 6.45) is 0. The minimum atomic E-state index is -3.05. The fourth-order valence-electron chi connectivity index (χ4n) is 2.31. The van der Waals surface area contributed by atoms with Crippen molar-refractivity contribution >= 4 is 15.7 Å². The Morgan fingerprint density at radius 1 is 1.54 bits per heavy atom. The van der Waals surface area contributed by atoms with Gasteiger partial charge in [0.2, 0.25) is 5.91 Å². The number of rotatable bonds is 1. The Kier molecular flexibility index (Phi) is 1.69. The molecule has 2 aliphatic rings. The largest absolute Gasteiger partial charge is 0.369 e. The molecule has 0 unspecified atom stereocenters. The molecule has 2 aliphatic heterocycles. The fraction of sp³-hybridized carbons (Fsp3) is 0.857. The molecule has 2 fully saturated rings. The van der Waals surface area contributed by atoms with Crippen LogP contribution in [0.3, 0.4) is 0 Å². The van der Waals surface area contributed by atoms with E-state index in [0.717, 1.165) is 0 Å². The SMILES string of the molecule is NC(=O)[C@]12CNC[C@@H]1CS(=O)(=O)C2. The number of carbonyl (C=O) groups is 1. The van der Waals surface area contributed by atoms with Crippen LogP contribution in [0.4, 0.5) is 0 Å². The van der Waals surface area contributed by atoms with Crippen LogP contribution in [0.1, 0.15) is 0 Å². The molecule has 0 aromatic rings. The van der Waals surface area contributed by atoms with Crippen LogP contribution in [0, 0.1) is 11.3 Å². The molecule has 0 aromatic heterocycles. The zero-order valence-corrected chi connectivity index (χ0v) is 7.93. The summed E-state index contributed by atoms with van der Waals surface area (Å²) < 4.78 is 22.6. The third-order valence-electron chi connectivity index (χ3n) is 3.04. The van der Waals surface area contributed by atoms with E-state index in [-0.39, 0.29) is 17.4 Å². The number of nitrogens with two attached hydrogens (primary N) is 1. The first-order valence-electron chi connectivity index (χ1n) is 4.17. The van der Waals surface area contributed by atoms with Gasteiger partial charge in [0, 0.05) is 19.0 Å². The molecule has 5 nitrogen and oxygen atoms in total. The first-order chi connectivity index (χ1) is 5.96. The summed E-state index contributed by atoms with van der Waals surface area (Å²) in [5, 5.41) is 3.02. The van der Waals surface area contributed by atoms with Crippen LogP contribution in [0.15, 0.2) is 0 Å². The van der Waals surface area contributed by atoms with Gasteiger partial charge in [0.15, 0.2) is 9.84 Å². The van der Waals surface area contributed by atoms with Crippen molar-refractivity contribution in [3.8, 4) is 0 Å². The third-order valence-corrected chi connectivity index (χ3v) is 4.90. The Morgan fingerprint density at radius 3 is 2.77 bits per heavy atom. The highest BCUT2D eigenvalue weighted by molar-refractivity contribution is 7.91. The number of sulfone groups is 1. The quantitative estimate of drug-likeness (QED) is 0.522. The van der Waals surface area contributed by atoms with E-state index in [1.54, 1.807) is 0 Å². The van der Waals surface area contributed by atoms with Crippen molar-refractivity contribution in [3.63, 3.8) is 0 Å². The maximum atomic E-state index is 11.3. The van der Waals surface area contributed by atoms with E-state index in [0.29, 0.717) is 13.1 Å². The number of fused-ring (bicyclic) bond motifs is 1. The van der Waals surface area contributed by atoms with Crippen LogP contribution in [-0.2, 0) is 14.6 Å². The molecular weight excluding hydrogens is 192 g/mol. The Morgan fingerprint density at radius 2 is 2.23 bits per heavy atom. The zero-order chi connectivity index (χ0) is 9.69. The van der Waals surface area contributed by atoms with Gasteiger partial charge in [0.1, 0.15) is 0 Å². The number of carbonyl (C=O) groups excluding carboxylic acids is 1. The van der Waals surface area contributed by atoms with Gasteiger partial charge in [-0.05, 0) is 0 Å². The lowest BCUT2D eigenvalue weighted by Crippen LogP contribution is -2.43. The predicted molar refractivity (Wildman–Crippen MR) is 46.6 cm³/mol. The van der Waals surface area contributed by atoms with Gasteiger partial charge in [-0.3, -0.25) is 4.79 Å². The van der Waals surface area contributed by atoms with Gasteiger partial charge >= 0.3 is 0 Å². The molecule has 13 heavy (non-hydrogen) atoms. The van der Waals surface area contributed by atoms with E-state index in [2.05, 4.69) is 5.32 Å². The smallest absolute Gasteiger partial charge is 0.226 e. The molecule has 1 amide bonds. The molecule has 2 rings (SSSR count). The van der Waals surface area contributed by atoms with E-state index >= 15 is 0 Å². The van der Waals surface area contributed by atoms with Gasteiger partial charge in [-0.2, -0.15) is 0 Å². The average molecular weight is 204 g/mol. The standard InChI is InChI=1S/C7H12N2O3S/c8-6(10)7-3-9-1-5(7)2-13(11,12)4-7/h5,9H,1-4H2,(H2,8,10)/t5-,7+/m1/s1. The number of primary amides is 1. The molecule has 0 bridgehead atoms. The molecule has 2 atom stereocenters. The van der Waals surface area contributed by atoms with Crippen LogP contribution < -0.4 is 11.1 Å². The molecular formula is C7H12N2O3S. The lowest BCUT2D eigenvalue weighted by atomic mass is 9.80. The lowest BCUT2D eigenvalue weighted by Gasteiger charge is -2.21. The summed E-state index contributed by atoms with van der Waals surface area (Å²) in [5.41, 5.74) is 4.43. The first kappa shape index (κ1) is 8.96. The van der Waals surface area contributed by atoms with E-state index in [9.17, 15) is 13.2 Å². The molecule has 0 spiro atoms. The Labute approximate surface area is 76.6 Å². The Hall–Kier alpha value is -0.620. The van der Waals surface area contributed by atoms with Crippen LogP contribution in [0.25, 0.3) is 0 Å². The summed E-state index contributed by atoms with van der Waals surface area (Å²) in [4.78, 5) is 11.2. The number of hydrogen-bond acceptors (Lipinski definition) is 4. The van der Waals surface area contributed by atoms with Crippen molar-refractivity contribution < 1.29 is 13.2 Å². The minimum absolute atomic E-state index is 0.0764. The van der Waals surface area contributed by atoms with Gasteiger partial charge in [-0.25, -0.2) is 8.42 Å². The van der Waals surface area contributed by atoms with Crippen molar-refractivity contribution in [1.29, 1.82) is 0 Å². The van der Waals surface area contributed by atoms with Crippen molar-refractivity contribution in [2.24, 2.45) is 17.1 Å². The van der Waals surface area contributed by atoms with Crippen LogP contribution >= 0.6 is 0 Å². The van der Waals surface area contributed by atoms with Crippen LogP contribution in [0.2, 0.25) is 0 Å². The van der Waals surface area contributed by atoms with E-state index in [1.807, 2.05) is 0 Å². The summed E-state index contributed by atoms with van der Waals surface area (Å²) in [7, 11) is -3.05. The summed E-state index contributed by atoms with van der Waals surface area (Å²) in [5.74, 6) is -0.575. The lowest BCUT2D eigenvalue weighted by molar-refractivity contribution is -0.126. The molecule has 2 heterocycles. The van der Waals surface area contributed by atoms with Crippen LogP contribution in [0.5, 0.6) is 0 Å². The highest BCUT2D eigenvalue weighted by Gasteiger charge is 2.56. The maximum Gasteiger partial charge on any atom is 0.226 e. The van der Waals surface area contributed by atoms with Gasteiger partial charge in [0.05, 0.1) is 16.9 Å². The molecule has 2 saturated heterocycles. The highest BCUT2D eigenvalue weighted by atomic mass is 32.2. The maximum absolute atomic E-state index is 11.3. The topological polar surface area (TPSA) is 89.3 Å². The minimum Gasteiger partial charge on any atom is -0.369 e. The second-order valence-corrected chi connectivity index (χ2v) is 6.01. The average Bonchev–Trinajstić information content (AvgIpc) is 2.40. The van der Waals surface area contributed by atoms with Gasteiger partial charge in [0.25, 0.3) is 0 Å². The second kappa shape index (κ2) is 2.45. The Bertz CT molecular complexity index is 351. The summed E-state index contributed by atoms with van der Waals surface area (Å²) >= 11 is 0. The molecule has 0 saturated carbocycles. The number of nitrogens with one attached hydrogen (secondary N) is 1. The number of hydrogen-bond donors (Lipinski definition) is 2. The normalized spacial score (nSPS) is 41.7. The third kappa shape index (κ3) is 1.16. The van der Waals surface area contributed by atoms with Gasteiger partial charge in [-0.15, -0.1) is 0 Å². The molecule has 6 heteroatoms. The van der Waals surface area contributed by atoms with E-state index in [4.69, 9.17) is 5.73 Å². The van der Waals surface area contributed by atoms with Crippen molar-refractivity contribution in [3.05, 3.63) is 0 Å². The van der Waals surface area contributed by atoms with E-state index in [1.165, 1.54) is 0 Å². The number of amides is 1. The van der Waals surface area contributed by atoms with Crippen molar-refractivity contribution in [2.75, 3.05) is 24.6 Å². The molecule has 3 N–H and O–H groups in total. The van der Waals surface area contributed by atoms with Gasteiger partial charge < -0.3 is 11.1 Å². The second-order valence-electron chi connectivity index (χ2n) is 3.90. The first-order valence-corrected chi connectivity index (χ1v) is 5.99. The Balaban J connectivity index is 2.41. The molecule has 0 radical (unpaired) electrons. The van der Waals surface area contributed by atoms with E-state index < -0.39 is 21.2 Å². The summed E-state index contributed by atoms with van der Waals surface area (Å²) in [6, 6.07) is 0. The molecule has 0 aliphatic carbocycles. The highest BCUT2D eigenvalue weighted by Crippen LogP contribution is 2.39. The zero-order valence-electron chi connectivity index (χ0n) is 7.12. The van der Waals surface area contributed by atoms with Crippen molar-refractivity contribution in [2.45, 2.75) is 0 Å². The monoisotopic (exact) mass is 204 g/mol. The van der Waals surface area contributed by atoms with Crippen LogP contribution in [-0.4, -0.2) is 38.9 Å².